The molecule has 0 amide bonds. The highest BCUT2D eigenvalue weighted by molar-refractivity contribution is 14.0. The number of hydrogen-bond acceptors (Lipinski definition) is 1. The van der Waals surface area contributed by atoms with Gasteiger partial charge in [0.05, 0.1) is 6.07 Å². The monoisotopic (exact) mass is 197 g/mol. The molecule has 0 heterocycles. The topological polar surface area (TPSA) is 23.8 Å². The lowest BCUT2D eigenvalue weighted by atomic mass is 10.4. The van der Waals surface area contributed by atoms with Crippen LogP contribution in [0.5, 0.6) is 0 Å². The van der Waals surface area contributed by atoms with Crippen molar-refractivity contribution in [3.8, 4) is 6.07 Å². The van der Waals surface area contributed by atoms with Crippen LogP contribution in [0.4, 0.5) is 0 Å². The van der Waals surface area contributed by atoms with Crippen molar-refractivity contribution >= 4 is 24.0 Å². The molecule has 0 N–H and O–H groups in total. The summed E-state index contributed by atoms with van der Waals surface area (Å²) >= 11 is 0. The third-order valence-electron chi connectivity index (χ3n) is 0.362. The lowest BCUT2D eigenvalue weighted by molar-refractivity contribution is 0.969. The summed E-state index contributed by atoms with van der Waals surface area (Å²) in [6.07, 6.45) is 1.68. The first-order valence-electron chi connectivity index (χ1n) is 1.78. The number of nitrogens with zero attached hydrogens (tertiary/aromatic N) is 1. The summed E-state index contributed by atoms with van der Waals surface area (Å²) in [6.45, 7) is 1.99. The van der Waals surface area contributed by atoms with Crippen LogP contribution in [0.3, 0.4) is 0 Å². The summed E-state index contributed by atoms with van der Waals surface area (Å²) in [4.78, 5) is 0. The molecule has 6 heavy (non-hydrogen) atoms. The van der Waals surface area contributed by atoms with E-state index in [2.05, 4.69) is 0 Å². The number of halogens is 1. The van der Waals surface area contributed by atoms with Crippen molar-refractivity contribution in [2.24, 2.45) is 0 Å². The molecule has 0 aliphatic carbocycles. The molecule has 0 rings (SSSR count). The number of hydrogen-bond donors (Lipinski definition) is 0. The Morgan fingerprint density at radius 1 is 1.67 bits per heavy atom. The molecule has 0 unspecified atom stereocenters. The van der Waals surface area contributed by atoms with Crippen LogP contribution in [0.25, 0.3) is 0 Å². The van der Waals surface area contributed by atoms with Crippen LogP contribution in [0.15, 0.2) is 0 Å². The Hall–Kier alpha value is 0.220. The fourth-order valence-electron chi connectivity index (χ4n) is 0.112. The zero-order valence-electron chi connectivity index (χ0n) is 3.77. The fraction of sp³-hybridized carbons (Fsp3) is 0.750. The minimum atomic E-state index is 0. The van der Waals surface area contributed by atoms with Crippen LogP contribution in [-0.2, 0) is 0 Å². The molecular formula is C4H8IN. The first-order chi connectivity index (χ1) is 2.41. The van der Waals surface area contributed by atoms with Crippen molar-refractivity contribution in [1.29, 1.82) is 5.26 Å². The SMILES string of the molecule is CCCC#N.I. The van der Waals surface area contributed by atoms with Crippen LogP contribution in [0, 0.1) is 11.3 Å². The van der Waals surface area contributed by atoms with Gasteiger partial charge in [-0.05, 0) is 6.42 Å². The van der Waals surface area contributed by atoms with E-state index in [1.807, 2.05) is 13.0 Å². The van der Waals surface area contributed by atoms with E-state index in [1.165, 1.54) is 0 Å². The average Bonchev–Trinajstić information content (AvgIpc) is 1.41. The van der Waals surface area contributed by atoms with Crippen LogP contribution in [0.1, 0.15) is 19.8 Å². The summed E-state index contributed by atoms with van der Waals surface area (Å²) in [5.41, 5.74) is 0. The van der Waals surface area contributed by atoms with Crippen LogP contribution in [-0.4, -0.2) is 0 Å². The van der Waals surface area contributed by atoms with Gasteiger partial charge >= 0.3 is 0 Å². The van der Waals surface area contributed by atoms with Crippen LogP contribution in [0.2, 0.25) is 0 Å². The molecule has 0 aromatic carbocycles. The van der Waals surface area contributed by atoms with Crippen molar-refractivity contribution in [3.63, 3.8) is 0 Å². The summed E-state index contributed by atoms with van der Waals surface area (Å²) in [5.74, 6) is 0. The van der Waals surface area contributed by atoms with E-state index in [9.17, 15) is 0 Å². The Kier molecular flexibility index (Phi) is 14.2. The molecule has 0 aromatic heterocycles. The van der Waals surface area contributed by atoms with E-state index < -0.39 is 0 Å². The third-order valence-corrected chi connectivity index (χ3v) is 0.362. The quantitative estimate of drug-likeness (QED) is 0.589. The maximum atomic E-state index is 7.82. The van der Waals surface area contributed by atoms with Gasteiger partial charge in [-0.2, -0.15) is 5.26 Å². The smallest absolute Gasteiger partial charge is 0.0621 e. The maximum absolute atomic E-state index is 7.82. The molecule has 0 atom stereocenters. The molecule has 0 fully saturated rings. The second kappa shape index (κ2) is 8.97. The standard InChI is InChI=1S/C4H7N.HI/c1-2-3-4-5;/h2-3H2,1H3;1H. The molecule has 0 aliphatic rings. The van der Waals surface area contributed by atoms with Crippen LogP contribution >= 0.6 is 24.0 Å². The molecular weight excluding hydrogens is 189 g/mol. The Morgan fingerprint density at radius 2 is 2.17 bits per heavy atom. The van der Waals surface area contributed by atoms with Crippen molar-refractivity contribution in [2.75, 3.05) is 0 Å². The first-order valence-corrected chi connectivity index (χ1v) is 1.78. The number of unbranched alkanes of at least 4 members (excludes halogenated alkanes) is 1. The summed E-state index contributed by atoms with van der Waals surface area (Å²) in [5, 5.41) is 7.82. The van der Waals surface area contributed by atoms with Gasteiger partial charge in [-0.25, -0.2) is 0 Å². The van der Waals surface area contributed by atoms with Gasteiger partial charge in [0.1, 0.15) is 0 Å². The Balaban J connectivity index is 0. The molecule has 2 heteroatoms. The summed E-state index contributed by atoms with van der Waals surface area (Å²) in [6, 6.07) is 2.02. The second-order valence-electron chi connectivity index (χ2n) is 0.908. The van der Waals surface area contributed by atoms with Crippen molar-refractivity contribution in [1.82, 2.24) is 0 Å². The minimum absolute atomic E-state index is 0. The molecule has 0 aromatic rings. The fourth-order valence-corrected chi connectivity index (χ4v) is 0.112. The highest BCUT2D eigenvalue weighted by Crippen LogP contribution is 1.77. The van der Waals surface area contributed by atoms with Gasteiger partial charge in [0.15, 0.2) is 0 Å². The van der Waals surface area contributed by atoms with Gasteiger partial charge in [0.25, 0.3) is 0 Å². The summed E-state index contributed by atoms with van der Waals surface area (Å²) in [7, 11) is 0. The Labute approximate surface area is 55.4 Å². The lowest BCUT2D eigenvalue weighted by Gasteiger charge is -1.65. The van der Waals surface area contributed by atoms with E-state index in [4.69, 9.17) is 5.26 Å². The predicted octanol–water partition coefficient (Wildman–Crippen LogP) is 1.93. The first kappa shape index (κ1) is 9.52. The predicted molar refractivity (Wildman–Crippen MR) is 35.9 cm³/mol. The molecule has 0 saturated heterocycles. The van der Waals surface area contributed by atoms with Gasteiger partial charge < -0.3 is 0 Å². The summed E-state index contributed by atoms with van der Waals surface area (Å²) < 4.78 is 0. The normalized spacial score (nSPS) is 5.33. The van der Waals surface area contributed by atoms with Crippen LogP contribution < -0.4 is 0 Å². The molecule has 0 spiro atoms. The van der Waals surface area contributed by atoms with Gasteiger partial charge in [-0.1, -0.05) is 6.92 Å². The number of rotatable bonds is 1. The zero-order valence-corrected chi connectivity index (χ0v) is 6.10. The van der Waals surface area contributed by atoms with E-state index >= 15 is 0 Å². The van der Waals surface area contributed by atoms with Gasteiger partial charge in [0, 0.05) is 6.42 Å². The lowest BCUT2D eigenvalue weighted by Crippen LogP contribution is -1.53. The third kappa shape index (κ3) is 8.88. The highest BCUT2D eigenvalue weighted by Gasteiger charge is 1.65. The van der Waals surface area contributed by atoms with E-state index in [1.54, 1.807) is 0 Å². The van der Waals surface area contributed by atoms with Gasteiger partial charge in [-0.3, -0.25) is 0 Å². The van der Waals surface area contributed by atoms with E-state index in [0.29, 0.717) is 6.42 Å². The van der Waals surface area contributed by atoms with Crippen molar-refractivity contribution in [3.05, 3.63) is 0 Å². The minimum Gasteiger partial charge on any atom is -0.198 e. The molecule has 1 nitrogen and oxygen atoms in total. The van der Waals surface area contributed by atoms with Crippen molar-refractivity contribution in [2.45, 2.75) is 19.8 Å². The molecule has 0 bridgehead atoms. The Bertz CT molecular complexity index is 46.0. The van der Waals surface area contributed by atoms with E-state index in [0.717, 1.165) is 6.42 Å². The molecule has 0 aliphatic heterocycles. The van der Waals surface area contributed by atoms with E-state index in [-0.39, 0.29) is 24.0 Å². The van der Waals surface area contributed by atoms with Gasteiger partial charge in [-0.15, -0.1) is 24.0 Å². The average molecular weight is 197 g/mol. The maximum Gasteiger partial charge on any atom is 0.0621 e. The molecule has 0 saturated carbocycles. The largest absolute Gasteiger partial charge is 0.198 e. The number of nitriles is 1. The van der Waals surface area contributed by atoms with Crippen molar-refractivity contribution < 1.29 is 0 Å². The highest BCUT2D eigenvalue weighted by atomic mass is 127. The van der Waals surface area contributed by atoms with Gasteiger partial charge in [0.2, 0.25) is 0 Å². The Morgan fingerprint density at radius 3 is 2.17 bits per heavy atom. The molecule has 0 radical (unpaired) electrons. The zero-order chi connectivity index (χ0) is 4.12. The molecule has 36 valence electrons. The second-order valence-corrected chi connectivity index (χ2v) is 0.908.